The molecule has 0 saturated carbocycles. The van der Waals surface area contributed by atoms with Crippen molar-refractivity contribution in [2.45, 2.75) is 32.1 Å². The van der Waals surface area contributed by atoms with Crippen LogP contribution >= 0.6 is 11.3 Å². The number of nitrogens with one attached hydrogen (secondary N) is 1. The highest BCUT2D eigenvalue weighted by Crippen LogP contribution is 2.24. The third-order valence-electron chi connectivity index (χ3n) is 5.08. The zero-order chi connectivity index (χ0) is 19.9. The summed E-state index contributed by atoms with van der Waals surface area (Å²) in [4.78, 5) is 37.7. The third-order valence-corrected chi connectivity index (χ3v) is 5.91. The van der Waals surface area contributed by atoms with E-state index in [2.05, 4.69) is 29.6 Å². The molecule has 28 heavy (non-hydrogen) atoms. The minimum atomic E-state index is -0.578. The number of carbonyl (C=O) groups is 3. The fraction of sp³-hybridized carbons (Fsp3) is 0.381. The first kappa shape index (κ1) is 20.1. The van der Waals surface area contributed by atoms with Crippen LogP contribution in [0, 0.1) is 5.92 Å². The summed E-state index contributed by atoms with van der Waals surface area (Å²) < 4.78 is 0. The van der Waals surface area contributed by atoms with E-state index in [1.807, 2.05) is 11.0 Å². The Kier molecular flexibility index (Phi) is 6.81. The van der Waals surface area contributed by atoms with Crippen molar-refractivity contribution >= 4 is 34.1 Å². The molecule has 148 valence electrons. The summed E-state index contributed by atoms with van der Waals surface area (Å²) in [5, 5.41) is 4.80. The smallest absolute Gasteiger partial charge is 0.251 e. The average molecular weight is 400 g/mol. The first-order valence-electron chi connectivity index (χ1n) is 9.52. The Morgan fingerprint density at radius 3 is 2.46 bits per heavy atom. The van der Waals surface area contributed by atoms with Crippen molar-refractivity contribution < 1.29 is 14.4 Å². The molecule has 1 saturated heterocycles. The summed E-state index contributed by atoms with van der Waals surface area (Å²) in [7, 11) is 0. The van der Waals surface area contributed by atoms with E-state index in [0.717, 1.165) is 32.4 Å². The summed E-state index contributed by atoms with van der Waals surface area (Å²) in [6.45, 7) is 1.49. The summed E-state index contributed by atoms with van der Waals surface area (Å²) >= 11 is 1.24. The van der Waals surface area contributed by atoms with Gasteiger partial charge in [-0.05, 0) is 42.2 Å². The molecule has 3 amide bonds. The molecule has 2 heterocycles. The number of benzene rings is 1. The van der Waals surface area contributed by atoms with Gasteiger partial charge in [-0.2, -0.15) is 0 Å². The highest BCUT2D eigenvalue weighted by molar-refractivity contribution is 7.14. The van der Waals surface area contributed by atoms with Crippen molar-refractivity contribution in [2.75, 3.05) is 18.4 Å². The topological polar surface area (TPSA) is 92.5 Å². The number of thiophene rings is 1. The molecule has 2 aromatic rings. The largest absolute Gasteiger partial charge is 0.366 e. The molecule has 0 bridgehead atoms. The second kappa shape index (κ2) is 9.50. The number of carbonyl (C=O) groups excluding carboxylic acids is 3. The van der Waals surface area contributed by atoms with Gasteiger partial charge in [0.15, 0.2) is 0 Å². The highest BCUT2D eigenvalue weighted by Gasteiger charge is 2.23. The van der Waals surface area contributed by atoms with Crippen LogP contribution in [0.5, 0.6) is 0 Å². The molecule has 3 N–H and O–H groups in total. The number of likely N-dealkylation sites (tertiary alicyclic amines) is 1. The lowest BCUT2D eigenvalue weighted by molar-refractivity contribution is -0.134. The molecule has 7 heteroatoms. The van der Waals surface area contributed by atoms with Crippen molar-refractivity contribution in [1.82, 2.24) is 4.90 Å². The molecular formula is C21H25N3O3S. The lowest BCUT2D eigenvalue weighted by Crippen LogP contribution is -2.39. The van der Waals surface area contributed by atoms with Gasteiger partial charge in [0.2, 0.25) is 11.8 Å². The van der Waals surface area contributed by atoms with Gasteiger partial charge >= 0.3 is 0 Å². The Bertz CT molecular complexity index is 826. The fourth-order valence-electron chi connectivity index (χ4n) is 3.50. The number of primary amides is 1. The molecule has 1 aliphatic heterocycles. The predicted octanol–water partition coefficient (Wildman–Crippen LogP) is 3.05. The van der Waals surface area contributed by atoms with Crippen molar-refractivity contribution in [3.05, 3.63) is 52.9 Å². The summed E-state index contributed by atoms with van der Waals surface area (Å²) in [5.74, 6) is -0.251. The van der Waals surface area contributed by atoms with Crippen LogP contribution in [0.15, 0.2) is 41.8 Å². The average Bonchev–Trinajstić information content (AvgIpc) is 3.16. The Labute approximate surface area is 168 Å². The lowest BCUT2D eigenvalue weighted by Gasteiger charge is -2.32. The van der Waals surface area contributed by atoms with Crippen molar-refractivity contribution in [3.8, 4) is 0 Å². The molecule has 0 spiro atoms. The molecular weight excluding hydrogens is 374 g/mol. The maximum absolute atomic E-state index is 12.4. The van der Waals surface area contributed by atoms with Gasteiger partial charge in [0.25, 0.3) is 5.91 Å². The van der Waals surface area contributed by atoms with E-state index in [1.165, 1.54) is 16.9 Å². The number of anilines is 1. The van der Waals surface area contributed by atoms with E-state index in [0.29, 0.717) is 16.5 Å². The van der Waals surface area contributed by atoms with E-state index in [9.17, 15) is 14.4 Å². The van der Waals surface area contributed by atoms with Gasteiger partial charge in [0.1, 0.15) is 5.00 Å². The maximum atomic E-state index is 12.4. The zero-order valence-corrected chi connectivity index (χ0v) is 16.5. The van der Waals surface area contributed by atoms with E-state index in [-0.39, 0.29) is 24.7 Å². The molecule has 1 aromatic carbocycles. The van der Waals surface area contributed by atoms with Crippen LogP contribution in [0.1, 0.15) is 41.6 Å². The first-order chi connectivity index (χ1) is 13.5. The van der Waals surface area contributed by atoms with Gasteiger partial charge in [-0.15, -0.1) is 11.3 Å². The number of amides is 3. The van der Waals surface area contributed by atoms with Gasteiger partial charge in [-0.1, -0.05) is 30.3 Å². The monoisotopic (exact) mass is 399 g/mol. The molecule has 0 unspecified atom stereocenters. The van der Waals surface area contributed by atoms with E-state index in [4.69, 9.17) is 5.73 Å². The number of hydrogen-bond donors (Lipinski definition) is 2. The van der Waals surface area contributed by atoms with Crippen molar-refractivity contribution in [1.29, 1.82) is 0 Å². The van der Waals surface area contributed by atoms with Crippen LogP contribution in [-0.4, -0.2) is 35.7 Å². The van der Waals surface area contributed by atoms with Gasteiger partial charge in [0, 0.05) is 25.9 Å². The summed E-state index contributed by atoms with van der Waals surface area (Å²) in [6.07, 6.45) is 3.30. The second-order valence-corrected chi connectivity index (χ2v) is 8.01. The SMILES string of the molecule is NC(=O)c1ccsc1NC(=O)CCC(=O)N1CCC(Cc2ccccc2)CC1. The Balaban J connectivity index is 1.40. The van der Waals surface area contributed by atoms with Crippen LogP contribution in [0.4, 0.5) is 5.00 Å². The van der Waals surface area contributed by atoms with Gasteiger partial charge < -0.3 is 16.0 Å². The van der Waals surface area contributed by atoms with E-state index >= 15 is 0 Å². The lowest BCUT2D eigenvalue weighted by atomic mass is 9.90. The Hall–Kier alpha value is -2.67. The third kappa shape index (κ3) is 5.42. The number of nitrogens with two attached hydrogens (primary N) is 1. The standard InChI is InChI=1S/C21H25N3O3S/c22-20(27)17-10-13-28-21(17)23-18(25)6-7-19(26)24-11-8-16(9-12-24)14-15-4-2-1-3-5-15/h1-5,10,13,16H,6-9,11-12,14H2,(H2,22,27)(H,23,25). The maximum Gasteiger partial charge on any atom is 0.251 e. The van der Waals surface area contributed by atoms with Crippen LogP contribution in [0.2, 0.25) is 0 Å². The molecule has 6 nitrogen and oxygen atoms in total. The molecule has 1 aromatic heterocycles. The molecule has 1 aliphatic rings. The van der Waals surface area contributed by atoms with Crippen LogP contribution in [-0.2, 0) is 16.0 Å². The van der Waals surface area contributed by atoms with Gasteiger partial charge in [-0.25, -0.2) is 0 Å². The minimum Gasteiger partial charge on any atom is -0.366 e. The van der Waals surface area contributed by atoms with Crippen LogP contribution in [0.3, 0.4) is 0 Å². The molecule has 1 fully saturated rings. The summed E-state index contributed by atoms with van der Waals surface area (Å²) in [5.41, 5.74) is 6.91. The normalized spacial score (nSPS) is 14.6. The minimum absolute atomic E-state index is 0.00890. The predicted molar refractivity (Wildman–Crippen MR) is 110 cm³/mol. The van der Waals surface area contributed by atoms with Crippen molar-refractivity contribution in [2.24, 2.45) is 11.7 Å². The number of rotatable bonds is 7. The van der Waals surface area contributed by atoms with Crippen molar-refractivity contribution in [3.63, 3.8) is 0 Å². The van der Waals surface area contributed by atoms with Crippen LogP contribution in [0.25, 0.3) is 0 Å². The number of nitrogens with zero attached hydrogens (tertiary/aromatic N) is 1. The molecule has 0 radical (unpaired) electrons. The Morgan fingerprint density at radius 1 is 1.07 bits per heavy atom. The molecule has 0 aliphatic carbocycles. The van der Waals surface area contributed by atoms with E-state index < -0.39 is 5.91 Å². The highest BCUT2D eigenvalue weighted by atomic mass is 32.1. The number of hydrogen-bond acceptors (Lipinski definition) is 4. The Morgan fingerprint density at radius 2 is 1.79 bits per heavy atom. The van der Waals surface area contributed by atoms with E-state index in [1.54, 1.807) is 11.4 Å². The summed E-state index contributed by atoms with van der Waals surface area (Å²) in [6, 6.07) is 12.0. The second-order valence-electron chi connectivity index (χ2n) is 7.09. The first-order valence-corrected chi connectivity index (χ1v) is 10.4. The van der Waals surface area contributed by atoms with Crippen LogP contribution < -0.4 is 11.1 Å². The molecule has 0 atom stereocenters. The fourth-order valence-corrected chi connectivity index (χ4v) is 4.31. The quantitative estimate of drug-likeness (QED) is 0.749. The number of piperidine rings is 1. The van der Waals surface area contributed by atoms with Gasteiger partial charge in [-0.3, -0.25) is 14.4 Å². The van der Waals surface area contributed by atoms with Gasteiger partial charge in [0.05, 0.1) is 5.56 Å². The zero-order valence-electron chi connectivity index (χ0n) is 15.7. The molecule has 3 rings (SSSR count).